The van der Waals surface area contributed by atoms with Gasteiger partial charge in [-0.3, -0.25) is 14.3 Å². The van der Waals surface area contributed by atoms with Gasteiger partial charge in [0.15, 0.2) is 0 Å². The van der Waals surface area contributed by atoms with E-state index in [1.807, 2.05) is 81.4 Å². The molecular weight excluding hydrogens is 376 g/mol. The average Bonchev–Trinajstić information content (AvgIpc) is 2.71. The zero-order valence-corrected chi connectivity index (χ0v) is 17.7. The fourth-order valence-corrected chi connectivity index (χ4v) is 3.52. The summed E-state index contributed by atoms with van der Waals surface area (Å²) < 4.78 is 7.40. The van der Waals surface area contributed by atoms with Gasteiger partial charge < -0.3 is 4.74 Å². The number of rotatable bonds is 8. The molecule has 2 aromatic carbocycles. The first-order valence-corrected chi connectivity index (χ1v) is 10.2. The van der Waals surface area contributed by atoms with E-state index in [0.29, 0.717) is 24.3 Å². The van der Waals surface area contributed by atoms with Crippen molar-refractivity contribution in [3.05, 3.63) is 109 Å². The third-order valence-electron chi connectivity index (χ3n) is 4.90. The number of hydrogen-bond donors (Lipinski definition) is 1. The molecule has 3 rings (SSSR count). The average molecular weight is 405 g/mol. The van der Waals surface area contributed by atoms with Crippen LogP contribution in [0.1, 0.15) is 49.1 Å². The highest BCUT2D eigenvalue weighted by Gasteiger charge is 2.18. The molecule has 0 aliphatic heterocycles. The lowest BCUT2D eigenvalue weighted by Crippen LogP contribution is -2.36. The van der Waals surface area contributed by atoms with Gasteiger partial charge in [0.1, 0.15) is 6.73 Å². The summed E-state index contributed by atoms with van der Waals surface area (Å²) in [6.45, 7) is 6.38. The van der Waals surface area contributed by atoms with Crippen LogP contribution >= 0.6 is 0 Å². The molecule has 0 saturated carbocycles. The van der Waals surface area contributed by atoms with Gasteiger partial charge in [0, 0.05) is 17.7 Å². The fraction of sp³-hybridized carbons (Fsp3) is 0.280. The molecule has 0 aliphatic carbocycles. The van der Waals surface area contributed by atoms with Crippen LogP contribution in [0.15, 0.2) is 75.8 Å². The lowest BCUT2D eigenvalue weighted by molar-refractivity contribution is 0.0896. The highest BCUT2D eigenvalue weighted by atomic mass is 16.5. The molecule has 0 spiro atoms. The highest BCUT2D eigenvalue weighted by Crippen LogP contribution is 2.18. The highest BCUT2D eigenvalue weighted by molar-refractivity contribution is 5.52. The van der Waals surface area contributed by atoms with Gasteiger partial charge >= 0.3 is 5.69 Å². The van der Waals surface area contributed by atoms with E-state index >= 15 is 0 Å². The first-order valence-electron chi connectivity index (χ1n) is 10.2. The molecule has 5 nitrogen and oxygen atoms in total. The van der Waals surface area contributed by atoms with Gasteiger partial charge in [0.05, 0.1) is 6.61 Å². The van der Waals surface area contributed by atoms with Crippen LogP contribution in [0, 0.1) is 0 Å². The van der Waals surface area contributed by atoms with Crippen LogP contribution in [0.4, 0.5) is 0 Å². The Kier molecular flexibility index (Phi) is 7.20. The zero-order valence-electron chi connectivity index (χ0n) is 17.7. The lowest BCUT2D eigenvalue weighted by Gasteiger charge is -2.18. The van der Waals surface area contributed by atoms with Crippen LogP contribution < -0.4 is 11.2 Å². The molecule has 156 valence electrons. The molecule has 1 aromatic heterocycles. The summed E-state index contributed by atoms with van der Waals surface area (Å²) >= 11 is 0. The van der Waals surface area contributed by atoms with Gasteiger partial charge in [-0.25, -0.2) is 4.79 Å². The van der Waals surface area contributed by atoms with Crippen molar-refractivity contribution < 1.29 is 4.74 Å². The van der Waals surface area contributed by atoms with Crippen LogP contribution in [-0.2, 0) is 17.9 Å². The summed E-state index contributed by atoms with van der Waals surface area (Å²) in [6.07, 6.45) is 2.55. The second-order valence-electron chi connectivity index (χ2n) is 7.74. The SMILES string of the molecule is C/C(=C\c1ccccc1)COCn1c(Cc2ccccc2)c(C(C)C)c(=O)[nH]c1=O. The van der Waals surface area contributed by atoms with Crippen molar-refractivity contribution in [2.24, 2.45) is 0 Å². The van der Waals surface area contributed by atoms with Crippen molar-refractivity contribution in [1.82, 2.24) is 9.55 Å². The summed E-state index contributed by atoms with van der Waals surface area (Å²) in [4.78, 5) is 27.6. The van der Waals surface area contributed by atoms with Crippen molar-refractivity contribution in [2.75, 3.05) is 6.61 Å². The Hall–Kier alpha value is -3.18. The molecule has 0 bridgehead atoms. The first kappa shape index (κ1) is 21.5. The van der Waals surface area contributed by atoms with Crippen molar-refractivity contribution in [3.8, 4) is 0 Å². The molecule has 0 fully saturated rings. The molecule has 30 heavy (non-hydrogen) atoms. The fourth-order valence-electron chi connectivity index (χ4n) is 3.52. The summed E-state index contributed by atoms with van der Waals surface area (Å²) in [7, 11) is 0. The second-order valence-corrected chi connectivity index (χ2v) is 7.74. The van der Waals surface area contributed by atoms with Crippen LogP contribution in [-0.4, -0.2) is 16.2 Å². The minimum absolute atomic E-state index is 0.0148. The maximum atomic E-state index is 12.6. The minimum Gasteiger partial charge on any atom is -0.356 e. The van der Waals surface area contributed by atoms with E-state index in [9.17, 15) is 9.59 Å². The smallest absolute Gasteiger partial charge is 0.330 e. The van der Waals surface area contributed by atoms with Crippen LogP contribution in [0.5, 0.6) is 0 Å². The number of H-pyrrole nitrogens is 1. The Morgan fingerprint density at radius 2 is 1.67 bits per heavy atom. The maximum absolute atomic E-state index is 12.6. The monoisotopic (exact) mass is 404 g/mol. The van der Waals surface area contributed by atoms with E-state index in [2.05, 4.69) is 11.1 Å². The van der Waals surface area contributed by atoms with Gasteiger partial charge in [-0.05, 0) is 29.5 Å². The molecule has 3 aromatic rings. The Labute approximate surface area is 176 Å². The van der Waals surface area contributed by atoms with Crippen LogP contribution in [0.2, 0.25) is 0 Å². The molecule has 0 amide bonds. The molecule has 1 N–H and O–H groups in total. The van der Waals surface area contributed by atoms with Crippen LogP contribution in [0.25, 0.3) is 6.08 Å². The van der Waals surface area contributed by atoms with E-state index in [-0.39, 0.29) is 18.2 Å². The van der Waals surface area contributed by atoms with E-state index in [1.165, 1.54) is 0 Å². The molecule has 5 heteroatoms. The number of ether oxygens (including phenoxy) is 1. The molecule has 0 radical (unpaired) electrons. The minimum atomic E-state index is -0.444. The van der Waals surface area contributed by atoms with Crippen molar-refractivity contribution in [2.45, 2.75) is 39.8 Å². The molecule has 0 unspecified atom stereocenters. The Balaban J connectivity index is 1.86. The number of aromatic nitrogens is 2. The van der Waals surface area contributed by atoms with Crippen molar-refractivity contribution in [1.29, 1.82) is 0 Å². The van der Waals surface area contributed by atoms with Gasteiger partial charge in [0.25, 0.3) is 5.56 Å². The summed E-state index contributed by atoms with van der Waals surface area (Å²) in [5.74, 6) is -0.0148. The van der Waals surface area contributed by atoms with Gasteiger partial charge in [-0.2, -0.15) is 0 Å². The Morgan fingerprint density at radius 3 is 2.30 bits per heavy atom. The lowest BCUT2D eigenvalue weighted by atomic mass is 9.98. The summed E-state index contributed by atoms with van der Waals surface area (Å²) in [5.41, 5.74) is 3.75. The Bertz CT molecular complexity index is 1110. The van der Waals surface area contributed by atoms with E-state index in [0.717, 1.165) is 16.7 Å². The first-order chi connectivity index (χ1) is 14.5. The van der Waals surface area contributed by atoms with E-state index in [4.69, 9.17) is 4.74 Å². The quantitative estimate of drug-likeness (QED) is 0.608. The number of aromatic amines is 1. The van der Waals surface area contributed by atoms with E-state index < -0.39 is 5.69 Å². The molecule has 0 saturated heterocycles. The number of hydrogen-bond acceptors (Lipinski definition) is 3. The largest absolute Gasteiger partial charge is 0.356 e. The van der Waals surface area contributed by atoms with Gasteiger partial charge in [-0.15, -0.1) is 0 Å². The number of nitrogens with one attached hydrogen (secondary N) is 1. The predicted molar refractivity (Wildman–Crippen MR) is 121 cm³/mol. The molecule has 0 atom stereocenters. The van der Waals surface area contributed by atoms with Gasteiger partial charge in [0.2, 0.25) is 0 Å². The standard InChI is InChI=1S/C25H28N2O3/c1-18(2)23-22(15-21-12-8-5-9-13-21)27(25(29)26-24(23)28)17-30-16-19(3)14-20-10-6-4-7-11-20/h4-14,18H,15-17H2,1-3H3,(H,26,28,29)/b19-14+. The molecule has 1 heterocycles. The predicted octanol–water partition coefficient (Wildman–Crippen LogP) is 4.33. The Morgan fingerprint density at radius 1 is 1.03 bits per heavy atom. The number of nitrogens with zero attached hydrogens (tertiary/aromatic N) is 1. The summed E-state index contributed by atoms with van der Waals surface area (Å²) in [6, 6.07) is 19.9. The second kappa shape index (κ2) is 10.0. The number of benzene rings is 2. The molecular formula is C25H28N2O3. The van der Waals surface area contributed by atoms with Crippen molar-refractivity contribution >= 4 is 6.08 Å². The van der Waals surface area contributed by atoms with Crippen LogP contribution in [0.3, 0.4) is 0 Å². The zero-order chi connectivity index (χ0) is 21.5. The maximum Gasteiger partial charge on any atom is 0.330 e. The normalized spacial score (nSPS) is 11.8. The van der Waals surface area contributed by atoms with E-state index in [1.54, 1.807) is 4.57 Å². The third-order valence-corrected chi connectivity index (χ3v) is 4.90. The van der Waals surface area contributed by atoms with Gasteiger partial charge in [-0.1, -0.05) is 80.6 Å². The third kappa shape index (κ3) is 5.45. The summed E-state index contributed by atoms with van der Waals surface area (Å²) in [5, 5.41) is 0. The molecule has 0 aliphatic rings. The topological polar surface area (TPSA) is 64.1 Å². The van der Waals surface area contributed by atoms with Crippen molar-refractivity contribution in [3.63, 3.8) is 0 Å².